The molecule has 0 aliphatic heterocycles. The molecule has 1 heterocycles. The lowest BCUT2D eigenvalue weighted by atomic mass is 10.1. The molecule has 1 N–H and O–H groups in total. The molecule has 1 saturated carbocycles. The van der Waals surface area contributed by atoms with Gasteiger partial charge in [0, 0.05) is 29.5 Å². The van der Waals surface area contributed by atoms with Crippen molar-refractivity contribution in [2.24, 2.45) is 0 Å². The lowest BCUT2D eigenvalue weighted by Crippen LogP contribution is -2.14. The lowest BCUT2D eigenvalue weighted by molar-refractivity contribution is 0.185. The van der Waals surface area contributed by atoms with E-state index in [0.29, 0.717) is 6.61 Å². The van der Waals surface area contributed by atoms with Crippen LogP contribution in [0, 0.1) is 0 Å². The van der Waals surface area contributed by atoms with Crippen LogP contribution in [0.2, 0.25) is 0 Å². The molecular weight excluding hydrogens is 254 g/mol. The predicted octanol–water partition coefficient (Wildman–Crippen LogP) is 3.81. The number of hydrogen-bond acceptors (Lipinski definition) is 3. The summed E-state index contributed by atoms with van der Waals surface area (Å²) in [7, 11) is 1.75. The Labute approximate surface area is 118 Å². The van der Waals surface area contributed by atoms with E-state index in [4.69, 9.17) is 4.74 Å². The number of thiophene rings is 1. The second-order valence-electron chi connectivity index (χ2n) is 5.01. The Kier molecular flexibility index (Phi) is 3.97. The smallest absolute Gasteiger partial charge is 0.0719 e. The van der Waals surface area contributed by atoms with Gasteiger partial charge in [0.25, 0.3) is 0 Å². The zero-order valence-electron chi connectivity index (χ0n) is 11.2. The van der Waals surface area contributed by atoms with Crippen LogP contribution in [-0.2, 0) is 17.9 Å². The van der Waals surface area contributed by atoms with Crippen LogP contribution in [0.15, 0.2) is 36.4 Å². The van der Waals surface area contributed by atoms with Crippen LogP contribution in [0.1, 0.15) is 23.3 Å². The summed E-state index contributed by atoms with van der Waals surface area (Å²) in [5, 5.41) is 3.56. The van der Waals surface area contributed by atoms with Gasteiger partial charge in [-0.05, 0) is 36.1 Å². The molecule has 0 spiro atoms. The molecule has 1 aromatic carbocycles. The van der Waals surface area contributed by atoms with Crippen molar-refractivity contribution >= 4 is 11.3 Å². The minimum absolute atomic E-state index is 0.670. The fraction of sp³-hybridized carbons (Fsp3) is 0.375. The van der Waals surface area contributed by atoms with E-state index in [1.165, 1.54) is 33.7 Å². The van der Waals surface area contributed by atoms with Crippen LogP contribution in [0.4, 0.5) is 0 Å². The molecule has 3 rings (SSSR count). The van der Waals surface area contributed by atoms with Gasteiger partial charge in [0.15, 0.2) is 0 Å². The maximum Gasteiger partial charge on any atom is 0.0719 e. The summed E-state index contributed by atoms with van der Waals surface area (Å²) in [5.41, 5.74) is 2.56. The molecular formula is C16H19NOS. The average Bonchev–Trinajstić information content (AvgIpc) is 3.15. The predicted molar refractivity (Wildman–Crippen MR) is 80.3 cm³/mol. The number of ether oxygens (including phenoxy) is 1. The van der Waals surface area contributed by atoms with Gasteiger partial charge in [-0.1, -0.05) is 24.3 Å². The Bertz CT molecular complexity index is 545. The van der Waals surface area contributed by atoms with Crippen LogP contribution in [0.25, 0.3) is 10.4 Å². The Morgan fingerprint density at radius 3 is 2.84 bits per heavy atom. The molecule has 1 aromatic heterocycles. The van der Waals surface area contributed by atoms with Crippen molar-refractivity contribution in [1.29, 1.82) is 0 Å². The van der Waals surface area contributed by atoms with E-state index in [9.17, 15) is 0 Å². The first kappa shape index (κ1) is 12.9. The first-order chi connectivity index (χ1) is 9.36. The molecule has 3 heteroatoms. The normalized spacial score (nSPS) is 14.8. The second kappa shape index (κ2) is 5.87. The van der Waals surface area contributed by atoms with E-state index in [0.717, 1.165) is 12.6 Å². The van der Waals surface area contributed by atoms with Crippen molar-refractivity contribution in [3.63, 3.8) is 0 Å². The number of hydrogen-bond donors (Lipinski definition) is 1. The van der Waals surface area contributed by atoms with Crippen LogP contribution >= 0.6 is 11.3 Å². The molecule has 0 atom stereocenters. The minimum atomic E-state index is 0.670. The third-order valence-corrected chi connectivity index (χ3v) is 4.51. The highest BCUT2D eigenvalue weighted by molar-refractivity contribution is 7.15. The van der Waals surface area contributed by atoms with Gasteiger partial charge < -0.3 is 10.1 Å². The van der Waals surface area contributed by atoms with Gasteiger partial charge in [0.2, 0.25) is 0 Å². The largest absolute Gasteiger partial charge is 0.380 e. The molecule has 0 radical (unpaired) electrons. The molecule has 1 fully saturated rings. The molecule has 1 aliphatic carbocycles. The summed E-state index contributed by atoms with van der Waals surface area (Å²) < 4.78 is 5.28. The maximum atomic E-state index is 5.28. The van der Waals surface area contributed by atoms with Gasteiger partial charge in [0.1, 0.15) is 0 Å². The number of nitrogens with one attached hydrogen (secondary N) is 1. The highest BCUT2D eigenvalue weighted by Crippen LogP contribution is 2.31. The average molecular weight is 273 g/mol. The summed E-state index contributed by atoms with van der Waals surface area (Å²) in [4.78, 5) is 2.74. The molecule has 2 nitrogen and oxygen atoms in total. The maximum absolute atomic E-state index is 5.28. The van der Waals surface area contributed by atoms with Gasteiger partial charge >= 0.3 is 0 Å². The Hall–Kier alpha value is -1.16. The van der Waals surface area contributed by atoms with Crippen molar-refractivity contribution < 1.29 is 4.74 Å². The van der Waals surface area contributed by atoms with Crippen molar-refractivity contribution in [3.8, 4) is 10.4 Å². The molecule has 0 amide bonds. The van der Waals surface area contributed by atoms with E-state index >= 15 is 0 Å². The SMILES string of the molecule is COCc1ccccc1-c1ccc(CNC2CC2)s1. The van der Waals surface area contributed by atoms with Crippen LogP contribution in [0.5, 0.6) is 0 Å². The zero-order valence-corrected chi connectivity index (χ0v) is 12.0. The van der Waals surface area contributed by atoms with Crippen molar-refractivity contribution in [2.75, 3.05) is 7.11 Å². The van der Waals surface area contributed by atoms with Gasteiger partial charge in [-0.2, -0.15) is 0 Å². The van der Waals surface area contributed by atoms with Crippen molar-refractivity contribution in [1.82, 2.24) is 5.32 Å². The third-order valence-electron chi connectivity index (χ3n) is 3.39. The summed E-state index contributed by atoms with van der Waals surface area (Å²) in [6.45, 7) is 1.67. The van der Waals surface area contributed by atoms with Gasteiger partial charge in [0.05, 0.1) is 6.61 Å². The van der Waals surface area contributed by atoms with E-state index in [1.807, 2.05) is 11.3 Å². The Balaban J connectivity index is 1.77. The van der Waals surface area contributed by atoms with Crippen LogP contribution in [-0.4, -0.2) is 13.2 Å². The monoisotopic (exact) mass is 273 g/mol. The molecule has 19 heavy (non-hydrogen) atoms. The highest BCUT2D eigenvalue weighted by atomic mass is 32.1. The minimum Gasteiger partial charge on any atom is -0.380 e. The first-order valence-electron chi connectivity index (χ1n) is 6.76. The number of rotatable bonds is 6. The summed E-state index contributed by atoms with van der Waals surface area (Å²) in [6, 6.07) is 13.7. The fourth-order valence-corrected chi connectivity index (χ4v) is 3.21. The summed E-state index contributed by atoms with van der Waals surface area (Å²) >= 11 is 1.88. The lowest BCUT2D eigenvalue weighted by Gasteiger charge is -2.06. The van der Waals surface area contributed by atoms with E-state index in [2.05, 4.69) is 41.7 Å². The molecule has 0 bridgehead atoms. The van der Waals surface area contributed by atoms with E-state index in [1.54, 1.807) is 7.11 Å². The van der Waals surface area contributed by atoms with Crippen LogP contribution in [0.3, 0.4) is 0 Å². The third kappa shape index (κ3) is 3.24. The highest BCUT2D eigenvalue weighted by Gasteiger charge is 2.20. The van der Waals surface area contributed by atoms with Gasteiger partial charge in [-0.3, -0.25) is 0 Å². The Morgan fingerprint density at radius 1 is 1.21 bits per heavy atom. The second-order valence-corrected chi connectivity index (χ2v) is 6.18. The standard InChI is InChI=1S/C16H19NOS/c1-18-11-12-4-2-3-5-15(12)16-9-8-14(19-16)10-17-13-6-7-13/h2-5,8-9,13,17H,6-7,10-11H2,1H3. The molecule has 100 valence electrons. The van der Waals surface area contributed by atoms with Gasteiger partial charge in [-0.25, -0.2) is 0 Å². The van der Waals surface area contributed by atoms with Crippen LogP contribution < -0.4 is 5.32 Å². The molecule has 2 aromatic rings. The van der Waals surface area contributed by atoms with Crippen molar-refractivity contribution in [2.45, 2.75) is 32.0 Å². The topological polar surface area (TPSA) is 21.3 Å². The molecule has 0 unspecified atom stereocenters. The quantitative estimate of drug-likeness (QED) is 0.864. The number of benzene rings is 1. The van der Waals surface area contributed by atoms with E-state index in [-0.39, 0.29) is 0 Å². The summed E-state index contributed by atoms with van der Waals surface area (Å²) in [6.07, 6.45) is 2.68. The van der Waals surface area contributed by atoms with E-state index < -0.39 is 0 Å². The molecule has 1 aliphatic rings. The molecule has 0 saturated heterocycles. The van der Waals surface area contributed by atoms with Gasteiger partial charge in [-0.15, -0.1) is 11.3 Å². The first-order valence-corrected chi connectivity index (χ1v) is 7.58. The zero-order chi connectivity index (χ0) is 13.1. The summed E-state index contributed by atoms with van der Waals surface area (Å²) in [5.74, 6) is 0. The Morgan fingerprint density at radius 2 is 2.05 bits per heavy atom. The number of methoxy groups -OCH3 is 1. The van der Waals surface area contributed by atoms with Crippen molar-refractivity contribution in [3.05, 3.63) is 46.8 Å². The fourth-order valence-electron chi connectivity index (χ4n) is 2.19.